The van der Waals surface area contributed by atoms with Crippen LogP contribution in [0.1, 0.15) is 36.8 Å². The van der Waals surface area contributed by atoms with E-state index in [1.807, 2.05) is 26.1 Å². The van der Waals surface area contributed by atoms with E-state index >= 15 is 0 Å². The maximum absolute atomic E-state index is 10.4. The summed E-state index contributed by atoms with van der Waals surface area (Å²) in [7, 11) is 2.02. The minimum absolute atomic E-state index is 0.417. The van der Waals surface area contributed by atoms with Gasteiger partial charge >= 0.3 is 0 Å². The van der Waals surface area contributed by atoms with Crippen LogP contribution < -0.4 is 0 Å². The highest BCUT2D eigenvalue weighted by Crippen LogP contribution is 2.22. The number of benzene rings is 1. The Morgan fingerprint density at radius 3 is 2.75 bits per heavy atom. The molecule has 2 heterocycles. The first kappa shape index (κ1) is 13.6. The van der Waals surface area contributed by atoms with Gasteiger partial charge in [0.15, 0.2) is 0 Å². The molecule has 4 nitrogen and oxygen atoms in total. The normalized spacial score (nSPS) is 18.6. The van der Waals surface area contributed by atoms with Crippen molar-refractivity contribution in [1.29, 1.82) is 0 Å². The molecule has 1 unspecified atom stereocenters. The zero-order valence-electron chi connectivity index (χ0n) is 12.3. The standard InChI is InChI=1S/C16H23N3O/c1-12-17-14-10-13(6-7-15(14)18(12)2)16(20)11-19-8-4-3-5-9-19/h6-7,10,16,20H,3-5,8-9,11H2,1-2H3. The van der Waals surface area contributed by atoms with Crippen molar-refractivity contribution >= 4 is 11.0 Å². The van der Waals surface area contributed by atoms with Crippen molar-refractivity contribution in [2.75, 3.05) is 19.6 Å². The number of β-amino-alcohol motifs (C(OH)–C–C–N with tert-alkyl or cyclic N) is 1. The Morgan fingerprint density at radius 2 is 2.00 bits per heavy atom. The van der Waals surface area contributed by atoms with E-state index in [0.717, 1.165) is 42.1 Å². The molecule has 0 bridgehead atoms. The monoisotopic (exact) mass is 273 g/mol. The molecule has 108 valence electrons. The number of piperidine rings is 1. The zero-order valence-corrected chi connectivity index (χ0v) is 12.3. The van der Waals surface area contributed by atoms with Gasteiger partial charge in [0.05, 0.1) is 17.1 Å². The van der Waals surface area contributed by atoms with Gasteiger partial charge in [0.1, 0.15) is 5.82 Å². The molecule has 1 atom stereocenters. The molecule has 0 aliphatic carbocycles. The van der Waals surface area contributed by atoms with Crippen LogP contribution in [0.25, 0.3) is 11.0 Å². The second-order valence-corrected chi connectivity index (χ2v) is 5.84. The fourth-order valence-electron chi connectivity index (χ4n) is 3.04. The van der Waals surface area contributed by atoms with Crippen molar-refractivity contribution in [1.82, 2.24) is 14.5 Å². The number of aryl methyl sites for hydroxylation is 2. The van der Waals surface area contributed by atoms with E-state index in [1.54, 1.807) is 0 Å². The van der Waals surface area contributed by atoms with Crippen LogP contribution in [0.4, 0.5) is 0 Å². The Hall–Kier alpha value is -1.39. The van der Waals surface area contributed by atoms with Crippen LogP contribution in [0, 0.1) is 6.92 Å². The van der Waals surface area contributed by atoms with Crippen molar-refractivity contribution in [3.05, 3.63) is 29.6 Å². The molecule has 1 aromatic carbocycles. The highest BCUT2D eigenvalue weighted by atomic mass is 16.3. The molecule has 4 heteroatoms. The van der Waals surface area contributed by atoms with Crippen LogP contribution in [0.2, 0.25) is 0 Å². The summed E-state index contributed by atoms with van der Waals surface area (Å²) in [5.74, 6) is 1.00. The molecule has 20 heavy (non-hydrogen) atoms. The molecule has 3 rings (SSSR count). The predicted octanol–water partition coefficient (Wildman–Crippen LogP) is 2.40. The summed E-state index contributed by atoms with van der Waals surface area (Å²) in [6.07, 6.45) is 3.42. The van der Waals surface area contributed by atoms with Crippen LogP contribution >= 0.6 is 0 Å². The average Bonchev–Trinajstić information content (AvgIpc) is 2.74. The zero-order chi connectivity index (χ0) is 14.1. The number of imidazole rings is 1. The summed E-state index contributed by atoms with van der Waals surface area (Å²) >= 11 is 0. The minimum Gasteiger partial charge on any atom is -0.387 e. The van der Waals surface area contributed by atoms with Gasteiger partial charge in [0, 0.05) is 13.6 Å². The third-order valence-electron chi connectivity index (χ3n) is 4.39. The molecular weight excluding hydrogens is 250 g/mol. The second kappa shape index (κ2) is 5.54. The maximum Gasteiger partial charge on any atom is 0.106 e. The average molecular weight is 273 g/mol. The summed E-state index contributed by atoms with van der Waals surface area (Å²) in [5, 5.41) is 10.4. The number of nitrogens with zero attached hydrogens (tertiary/aromatic N) is 3. The van der Waals surface area contributed by atoms with E-state index in [4.69, 9.17) is 0 Å². The summed E-state index contributed by atoms with van der Waals surface area (Å²) in [6, 6.07) is 6.11. The van der Waals surface area contributed by atoms with E-state index in [1.165, 1.54) is 19.3 Å². The molecular formula is C16H23N3O. The maximum atomic E-state index is 10.4. The largest absolute Gasteiger partial charge is 0.387 e. The van der Waals surface area contributed by atoms with Crippen LogP contribution in [0.3, 0.4) is 0 Å². The lowest BCUT2D eigenvalue weighted by molar-refractivity contribution is 0.102. The Labute approximate surface area is 120 Å². The lowest BCUT2D eigenvalue weighted by Gasteiger charge is -2.28. The molecule has 1 saturated heterocycles. The first-order chi connectivity index (χ1) is 9.65. The Bertz CT molecular complexity index is 599. The molecule has 1 N–H and O–H groups in total. The molecule has 0 radical (unpaired) electrons. The lowest BCUT2D eigenvalue weighted by atomic mass is 10.1. The Morgan fingerprint density at radius 1 is 1.25 bits per heavy atom. The lowest BCUT2D eigenvalue weighted by Crippen LogP contribution is -2.33. The second-order valence-electron chi connectivity index (χ2n) is 5.84. The van der Waals surface area contributed by atoms with Crippen LogP contribution in [0.15, 0.2) is 18.2 Å². The van der Waals surface area contributed by atoms with Gasteiger partial charge in [-0.1, -0.05) is 12.5 Å². The number of hydrogen-bond acceptors (Lipinski definition) is 3. The summed E-state index contributed by atoms with van der Waals surface area (Å²) in [6.45, 7) is 4.96. The number of likely N-dealkylation sites (tertiary alicyclic amines) is 1. The molecule has 1 aliphatic heterocycles. The van der Waals surface area contributed by atoms with Gasteiger partial charge in [-0.25, -0.2) is 4.98 Å². The van der Waals surface area contributed by atoms with E-state index in [9.17, 15) is 5.11 Å². The van der Waals surface area contributed by atoms with Crippen molar-refractivity contribution in [2.45, 2.75) is 32.3 Å². The third-order valence-corrected chi connectivity index (χ3v) is 4.39. The molecule has 0 amide bonds. The molecule has 0 saturated carbocycles. The first-order valence-corrected chi connectivity index (χ1v) is 7.48. The SMILES string of the molecule is Cc1nc2cc(C(O)CN3CCCCC3)ccc2n1C. The number of aliphatic hydroxyl groups excluding tert-OH is 1. The molecule has 1 aromatic heterocycles. The quantitative estimate of drug-likeness (QED) is 0.933. The smallest absolute Gasteiger partial charge is 0.106 e. The van der Waals surface area contributed by atoms with E-state index in [0.29, 0.717) is 0 Å². The van der Waals surface area contributed by atoms with Gasteiger partial charge < -0.3 is 14.6 Å². The fraction of sp³-hybridized carbons (Fsp3) is 0.562. The van der Waals surface area contributed by atoms with Crippen LogP contribution in [-0.4, -0.2) is 39.2 Å². The van der Waals surface area contributed by atoms with E-state index in [-0.39, 0.29) is 0 Å². The highest BCUT2D eigenvalue weighted by Gasteiger charge is 2.16. The van der Waals surface area contributed by atoms with Gasteiger partial charge in [-0.05, 0) is 50.6 Å². The van der Waals surface area contributed by atoms with E-state index < -0.39 is 6.10 Å². The summed E-state index contributed by atoms with van der Waals surface area (Å²) < 4.78 is 2.08. The fourth-order valence-corrected chi connectivity index (χ4v) is 3.04. The predicted molar refractivity (Wildman–Crippen MR) is 80.7 cm³/mol. The summed E-state index contributed by atoms with van der Waals surface area (Å²) in [4.78, 5) is 6.90. The van der Waals surface area contributed by atoms with Gasteiger partial charge in [0.2, 0.25) is 0 Å². The number of rotatable bonds is 3. The first-order valence-electron chi connectivity index (χ1n) is 7.48. The Balaban J connectivity index is 1.78. The highest BCUT2D eigenvalue weighted by molar-refractivity contribution is 5.76. The van der Waals surface area contributed by atoms with Crippen molar-refractivity contribution in [3.8, 4) is 0 Å². The number of fused-ring (bicyclic) bond motifs is 1. The van der Waals surface area contributed by atoms with Gasteiger partial charge in [-0.15, -0.1) is 0 Å². The van der Waals surface area contributed by atoms with Crippen LogP contribution in [0.5, 0.6) is 0 Å². The third kappa shape index (κ3) is 2.58. The molecule has 0 spiro atoms. The van der Waals surface area contributed by atoms with Crippen molar-refractivity contribution in [3.63, 3.8) is 0 Å². The van der Waals surface area contributed by atoms with Gasteiger partial charge in [-0.2, -0.15) is 0 Å². The summed E-state index contributed by atoms with van der Waals surface area (Å²) in [5.41, 5.74) is 3.07. The van der Waals surface area contributed by atoms with Crippen LogP contribution in [-0.2, 0) is 7.05 Å². The molecule has 1 fully saturated rings. The van der Waals surface area contributed by atoms with E-state index in [2.05, 4.69) is 20.5 Å². The number of aromatic nitrogens is 2. The van der Waals surface area contributed by atoms with Gasteiger partial charge in [0.25, 0.3) is 0 Å². The van der Waals surface area contributed by atoms with Crippen molar-refractivity contribution < 1.29 is 5.11 Å². The molecule has 2 aromatic rings. The van der Waals surface area contributed by atoms with Crippen molar-refractivity contribution in [2.24, 2.45) is 7.05 Å². The number of hydrogen-bond donors (Lipinski definition) is 1. The van der Waals surface area contributed by atoms with Gasteiger partial charge in [-0.3, -0.25) is 0 Å². The minimum atomic E-state index is -0.417. The number of aliphatic hydroxyl groups is 1. The topological polar surface area (TPSA) is 41.3 Å². The molecule has 1 aliphatic rings. The Kier molecular flexibility index (Phi) is 3.76.